The van der Waals surface area contributed by atoms with Gasteiger partial charge in [-0.1, -0.05) is 32.4 Å². The Balaban J connectivity index is 1.32. The van der Waals surface area contributed by atoms with Gasteiger partial charge in [0.15, 0.2) is 0 Å². The minimum absolute atomic E-state index is 0.551. The Morgan fingerprint density at radius 1 is 0.963 bits per heavy atom. The maximum atomic E-state index is 5.93. The Morgan fingerprint density at radius 2 is 1.63 bits per heavy atom. The molecule has 2 aliphatic heterocycles. The third-order valence-corrected chi connectivity index (χ3v) is 5.85. The highest BCUT2D eigenvalue weighted by Gasteiger charge is 2.27. The molecule has 5 heteroatoms. The van der Waals surface area contributed by atoms with E-state index in [0.717, 1.165) is 51.5 Å². The van der Waals surface area contributed by atoms with Crippen molar-refractivity contribution in [1.29, 1.82) is 0 Å². The van der Waals surface area contributed by atoms with E-state index < -0.39 is 0 Å². The molecule has 1 aromatic carbocycles. The zero-order chi connectivity index (χ0) is 18.9. The molecule has 0 unspecified atom stereocenters. The van der Waals surface area contributed by atoms with E-state index in [1.807, 2.05) is 0 Å². The number of likely N-dealkylation sites (tertiary alicyclic amines) is 1. The van der Waals surface area contributed by atoms with Crippen molar-refractivity contribution in [2.75, 3.05) is 52.4 Å². The summed E-state index contributed by atoms with van der Waals surface area (Å²) in [7, 11) is 0. The van der Waals surface area contributed by atoms with Crippen molar-refractivity contribution in [2.45, 2.75) is 52.1 Å². The molecular formula is C22H38N4O. The molecule has 2 heterocycles. The summed E-state index contributed by atoms with van der Waals surface area (Å²) in [5.74, 6) is 0.993. The van der Waals surface area contributed by atoms with Crippen LogP contribution in [-0.2, 0) is 6.54 Å². The van der Waals surface area contributed by atoms with Crippen LogP contribution in [0.1, 0.15) is 45.1 Å². The van der Waals surface area contributed by atoms with E-state index in [1.54, 1.807) is 0 Å². The van der Waals surface area contributed by atoms with Gasteiger partial charge in [0.1, 0.15) is 5.75 Å². The number of rotatable bonds is 10. The number of ether oxygens (including phenoxy) is 1. The number of hydrazine groups is 1. The molecule has 2 fully saturated rings. The van der Waals surface area contributed by atoms with Crippen LogP contribution in [-0.4, -0.2) is 73.4 Å². The first-order valence-electron chi connectivity index (χ1n) is 11.0. The number of hydrogen-bond donors (Lipinski definition) is 1. The molecule has 0 aromatic heterocycles. The van der Waals surface area contributed by atoms with Gasteiger partial charge in [0.25, 0.3) is 0 Å². The molecule has 0 atom stereocenters. The fourth-order valence-corrected chi connectivity index (χ4v) is 4.21. The van der Waals surface area contributed by atoms with Gasteiger partial charge in [-0.15, -0.1) is 0 Å². The van der Waals surface area contributed by atoms with Gasteiger partial charge in [-0.2, -0.15) is 0 Å². The van der Waals surface area contributed by atoms with E-state index in [-0.39, 0.29) is 0 Å². The monoisotopic (exact) mass is 374 g/mol. The first kappa shape index (κ1) is 20.6. The predicted molar refractivity (Wildman–Crippen MR) is 112 cm³/mol. The molecule has 1 aromatic rings. The Kier molecular flexibility index (Phi) is 8.39. The maximum absolute atomic E-state index is 5.93. The molecule has 0 saturated carbocycles. The zero-order valence-corrected chi connectivity index (χ0v) is 17.3. The first-order chi connectivity index (χ1) is 13.3. The molecule has 2 aliphatic rings. The molecule has 0 radical (unpaired) electrons. The van der Waals surface area contributed by atoms with Gasteiger partial charge in [0.2, 0.25) is 0 Å². The lowest BCUT2D eigenvalue weighted by Gasteiger charge is -2.26. The Hall–Kier alpha value is -1.14. The highest BCUT2D eigenvalue weighted by Crippen LogP contribution is 2.15. The van der Waals surface area contributed by atoms with Crippen LogP contribution in [0.15, 0.2) is 24.3 Å². The molecule has 0 amide bonds. The second kappa shape index (κ2) is 11.0. The Labute approximate surface area is 165 Å². The number of nitrogens with one attached hydrogen (secondary N) is 1. The van der Waals surface area contributed by atoms with Crippen molar-refractivity contribution >= 4 is 0 Å². The van der Waals surface area contributed by atoms with E-state index in [9.17, 15) is 0 Å². The summed E-state index contributed by atoms with van der Waals surface area (Å²) in [6.45, 7) is 14.3. The third kappa shape index (κ3) is 6.46. The standard InChI is InChI=1S/C22H38N4O/c1-3-25-18-21(19-26(25)4-2)23-17-20-9-11-22(12-10-20)27-16-8-15-24-13-6-5-7-14-24/h9-12,21,23H,3-8,13-19H2,1-2H3. The SMILES string of the molecule is CCN1CC(NCc2ccc(OCCCN3CCCCC3)cc2)CN1CC. The number of piperidine rings is 1. The summed E-state index contributed by atoms with van der Waals surface area (Å²) >= 11 is 0. The molecular weight excluding hydrogens is 336 g/mol. The topological polar surface area (TPSA) is 31.0 Å². The van der Waals surface area contributed by atoms with Gasteiger partial charge in [0.05, 0.1) is 6.61 Å². The van der Waals surface area contributed by atoms with Crippen LogP contribution in [0.5, 0.6) is 5.75 Å². The molecule has 0 aliphatic carbocycles. The molecule has 1 N–H and O–H groups in total. The van der Waals surface area contributed by atoms with Crippen LogP contribution in [0.4, 0.5) is 0 Å². The average Bonchev–Trinajstić information content (AvgIpc) is 3.14. The van der Waals surface area contributed by atoms with Crippen LogP contribution in [0.3, 0.4) is 0 Å². The molecule has 0 bridgehead atoms. The second-order valence-electron chi connectivity index (χ2n) is 7.84. The summed E-state index contributed by atoms with van der Waals surface area (Å²) in [5, 5.41) is 8.59. The van der Waals surface area contributed by atoms with Crippen molar-refractivity contribution in [3.63, 3.8) is 0 Å². The zero-order valence-electron chi connectivity index (χ0n) is 17.3. The van der Waals surface area contributed by atoms with Crippen LogP contribution < -0.4 is 10.1 Å². The van der Waals surface area contributed by atoms with Gasteiger partial charge >= 0.3 is 0 Å². The van der Waals surface area contributed by atoms with E-state index in [4.69, 9.17) is 4.74 Å². The molecule has 5 nitrogen and oxygen atoms in total. The van der Waals surface area contributed by atoms with Gasteiger partial charge in [-0.25, -0.2) is 10.0 Å². The molecule has 2 saturated heterocycles. The number of hydrogen-bond acceptors (Lipinski definition) is 5. The highest BCUT2D eigenvalue weighted by molar-refractivity contribution is 5.27. The number of benzene rings is 1. The lowest BCUT2D eigenvalue weighted by Crippen LogP contribution is -2.35. The largest absolute Gasteiger partial charge is 0.494 e. The van der Waals surface area contributed by atoms with Crippen LogP contribution in [0.25, 0.3) is 0 Å². The summed E-state index contributed by atoms with van der Waals surface area (Å²) in [6, 6.07) is 9.16. The van der Waals surface area contributed by atoms with Crippen LogP contribution >= 0.6 is 0 Å². The summed E-state index contributed by atoms with van der Waals surface area (Å²) < 4.78 is 5.93. The van der Waals surface area contributed by atoms with Crippen LogP contribution in [0, 0.1) is 0 Å². The Bertz CT molecular complexity index is 518. The van der Waals surface area contributed by atoms with Gasteiger partial charge in [-0.05, 0) is 50.0 Å². The van der Waals surface area contributed by atoms with Crippen molar-refractivity contribution in [1.82, 2.24) is 20.2 Å². The molecule has 27 heavy (non-hydrogen) atoms. The minimum Gasteiger partial charge on any atom is -0.494 e. The quantitative estimate of drug-likeness (QED) is 0.637. The van der Waals surface area contributed by atoms with Crippen molar-refractivity contribution in [3.8, 4) is 5.75 Å². The smallest absolute Gasteiger partial charge is 0.119 e. The molecule has 0 spiro atoms. The fraction of sp³-hybridized carbons (Fsp3) is 0.727. The summed E-state index contributed by atoms with van der Waals surface area (Å²) in [4.78, 5) is 2.57. The number of likely N-dealkylation sites (N-methyl/N-ethyl adjacent to an activating group) is 2. The maximum Gasteiger partial charge on any atom is 0.119 e. The normalized spacial score (nSPS) is 20.4. The van der Waals surface area contributed by atoms with E-state index in [0.29, 0.717) is 6.04 Å². The fourth-order valence-electron chi connectivity index (χ4n) is 4.21. The highest BCUT2D eigenvalue weighted by atomic mass is 16.5. The lowest BCUT2D eigenvalue weighted by molar-refractivity contribution is 0.0388. The molecule has 3 rings (SSSR count). The number of nitrogens with zero attached hydrogens (tertiary/aromatic N) is 3. The molecule has 152 valence electrons. The van der Waals surface area contributed by atoms with Gasteiger partial charge < -0.3 is 15.0 Å². The summed E-state index contributed by atoms with van der Waals surface area (Å²) in [5.41, 5.74) is 1.33. The Morgan fingerprint density at radius 3 is 2.26 bits per heavy atom. The minimum atomic E-state index is 0.551. The van der Waals surface area contributed by atoms with Crippen molar-refractivity contribution in [2.24, 2.45) is 0 Å². The predicted octanol–water partition coefficient (Wildman–Crippen LogP) is 2.97. The van der Waals surface area contributed by atoms with Crippen molar-refractivity contribution in [3.05, 3.63) is 29.8 Å². The lowest BCUT2D eigenvalue weighted by atomic mass is 10.1. The third-order valence-electron chi connectivity index (χ3n) is 5.85. The van der Waals surface area contributed by atoms with Crippen LogP contribution in [0.2, 0.25) is 0 Å². The summed E-state index contributed by atoms with van der Waals surface area (Å²) in [6.07, 6.45) is 5.25. The van der Waals surface area contributed by atoms with E-state index >= 15 is 0 Å². The van der Waals surface area contributed by atoms with E-state index in [1.165, 1.54) is 44.5 Å². The average molecular weight is 375 g/mol. The first-order valence-corrected chi connectivity index (χ1v) is 11.0. The second-order valence-corrected chi connectivity index (χ2v) is 7.84. The van der Waals surface area contributed by atoms with Gasteiger partial charge in [0, 0.05) is 45.3 Å². The van der Waals surface area contributed by atoms with Crippen molar-refractivity contribution < 1.29 is 4.74 Å². The van der Waals surface area contributed by atoms with Gasteiger partial charge in [-0.3, -0.25) is 0 Å². The van der Waals surface area contributed by atoms with E-state index in [2.05, 4.69) is 58.3 Å².